The van der Waals surface area contributed by atoms with Crippen LogP contribution in [0.3, 0.4) is 0 Å². The van der Waals surface area contributed by atoms with E-state index in [1.807, 2.05) is 12.1 Å². The fourth-order valence-corrected chi connectivity index (χ4v) is 2.93. The molecule has 1 unspecified atom stereocenters. The summed E-state index contributed by atoms with van der Waals surface area (Å²) in [4.78, 5) is 11.9. The Balaban J connectivity index is 2.08. The molecule has 1 aliphatic rings. The molecule has 0 radical (unpaired) electrons. The lowest BCUT2D eigenvalue weighted by atomic mass is 9.83. The minimum absolute atomic E-state index is 0.00463. The van der Waals surface area contributed by atoms with Crippen LogP contribution in [0.15, 0.2) is 35.7 Å². The number of fused-ring (bicyclic) bond motifs is 1. The lowest BCUT2D eigenvalue weighted by molar-refractivity contribution is -0.142. The second kappa shape index (κ2) is 7.19. The van der Waals surface area contributed by atoms with E-state index in [0.29, 0.717) is 17.0 Å². The van der Waals surface area contributed by atoms with Crippen molar-refractivity contribution in [2.24, 2.45) is 5.73 Å². The van der Waals surface area contributed by atoms with E-state index in [4.69, 9.17) is 19.9 Å². The van der Waals surface area contributed by atoms with Crippen LogP contribution in [-0.4, -0.2) is 29.9 Å². The van der Waals surface area contributed by atoms with Gasteiger partial charge in [0, 0.05) is 0 Å². The summed E-state index contributed by atoms with van der Waals surface area (Å²) in [5.74, 6) is 0.0401. The van der Waals surface area contributed by atoms with E-state index in [9.17, 15) is 10.1 Å². The van der Waals surface area contributed by atoms with Gasteiger partial charge < -0.3 is 19.9 Å². The molecule has 1 atom stereocenters. The molecule has 8 heteroatoms. The number of H-pyrrole nitrogens is 1. The first-order chi connectivity index (χ1) is 12.6. The quantitative estimate of drug-likeness (QED) is 0.784. The van der Waals surface area contributed by atoms with E-state index in [-0.39, 0.29) is 30.4 Å². The number of ether oxygens (including phenoxy) is 3. The Morgan fingerprint density at radius 1 is 1.42 bits per heavy atom. The van der Waals surface area contributed by atoms with Gasteiger partial charge in [0.05, 0.1) is 37.3 Å². The number of allylic oxidation sites excluding steroid dienone is 1. The lowest BCUT2D eigenvalue weighted by Gasteiger charge is -2.24. The van der Waals surface area contributed by atoms with Crippen LogP contribution in [0.25, 0.3) is 0 Å². The number of carbonyl (C=O) groups is 1. The Bertz CT molecular complexity index is 893. The molecule has 3 N–H and O–H groups in total. The molecule has 134 valence electrons. The number of esters is 1. The minimum atomic E-state index is -0.502. The van der Waals surface area contributed by atoms with Crippen molar-refractivity contribution in [1.29, 1.82) is 5.26 Å². The molecule has 1 aliphatic heterocycles. The highest BCUT2D eigenvalue weighted by molar-refractivity contribution is 5.73. The summed E-state index contributed by atoms with van der Waals surface area (Å²) in [5, 5.41) is 16.5. The predicted molar refractivity (Wildman–Crippen MR) is 91.2 cm³/mol. The predicted octanol–water partition coefficient (Wildman–Crippen LogP) is 1.74. The van der Waals surface area contributed by atoms with Gasteiger partial charge in [0.25, 0.3) is 0 Å². The second-order valence-corrected chi connectivity index (χ2v) is 5.60. The first kappa shape index (κ1) is 17.4. The normalized spacial score (nSPS) is 15.7. The summed E-state index contributed by atoms with van der Waals surface area (Å²) in [7, 11) is 1.58. The molecule has 1 aromatic carbocycles. The Hall–Kier alpha value is -3.47. The maximum Gasteiger partial charge on any atom is 0.311 e. The zero-order chi connectivity index (χ0) is 18.7. The van der Waals surface area contributed by atoms with Crippen LogP contribution in [0.2, 0.25) is 0 Å². The number of nitrogens with one attached hydrogen (secondary N) is 1. The first-order valence-corrected chi connectivity index (χ1v) is 8.03. The third-order valence-corrected chi connectivity index (χ3v) is 4.09. The molecule has 2 aromatic rings. The zero-order valence-electron chi connectivity index (χ0n) is 14.4. The number of hydrogen-bond acceptors (Lipinski definition) is 7. The minimum Gasteiger partial charge on any atom is -0.497 e. The zero-order valence-corrected chi connectivity index (χ0v) is 14.4. The second-order valence-electron chi connectivity index (χ2n) is 5.60. The molecule has 2 heterocycles. The topological polar surface area (TPSA) is 123 Å². The standard InChI is InChI=1S/C18H18N4O4/c1-3-25-14(23)8-13-16-15(10-4-6-11(24-2)7-5-10)12(9-19)17(20)26-18(16)22-21-13/h4-7,15H,3,8,20H2,1-2H3,(H,21,22). The fraction of sp³-hybridized carbons (Fsp3) is 0.278. The van der Waals surface area contributed by atoms with Crippen molar-refractivity contribution in [3.05, 3.63) is 52.5 Å². The largest absolute Gasteiger partial charge is 0.497 e. The van der Waals surface area contributed by atoms with Gasteiger partial charge in [0.15, 0.2) is 0 Å². The first-order valence-electron chi connectivity index (χ1n) is 8.03. The van der Waals surface area contributed by atoms with Crippen molar-refractivity contribution in [2.75, 3.05) is 13.7 Å². The van der Waals surface area contributed by atoms with Crippen LogP contribution in [0.1, 0.15) is 29.7 Å². The van der Waals surface area contributed by atoms with Crippen molar-refractivity contribution in [3.8, 4) is 17.7 Å². The molecule has 8 nitrogen and oxygen atoms in total. The van der Waals surface area contributed by atoms with Gasteiger partial charge in [-0.2, -0.15) is 5.26 Å². The molecule has 0 bridgehead atoms. The summed E-state index contributed by atoms with van der Waals surface area (Å²) in [6.07, 6.45) is -0.00913. The number of methoxy groups -OCH3 is 1. The fourth-order valence-electron chi connectivity index (χ4n) is 2.93. The summed E-state index contributed by atoms with van der Waals surface area (Å²) < 4.78 is 15.7. The molecular formula is C18H18N4O4. The van der Waals surface area contributed by atoms with E-state index in [2.05, 4.69) is 16.3 Å². The van der Waals surface area contributed by atoms with Crippen molar-refractivity contribution >= 4 is 5.97 Å². The molecular weight excluding hydrogens is 336 g/mol. The third-order valence-electron chi connectivity index (χ3n) is 4.09. The van der Waals surface area contributed by atoms with Gasteiger partial charge >= 0.3 is 5.97 Å². The summed E-state index contributed by atoms with van der Waals surface area (Å²) in [5.41, 5.74) is 8.11. The van der Waals surface area contributed by atoms with Crippen molar-refractivity contribution in [3.63, 3.8) is 0 Å². The van der Waals surface area contributed by atoms with E-state index in [0.717, 1.165) is 5.56 Å². The number of nitrogens with two attached hydrogens (primary N) is 1. The third kappa shape index (κ3) is 3.07. The summed E-state index contributed by atoms with van der Waals surface area (Å²) >= 11 is 0. The molecule has 26 heavy (non-hydrogen) atoms. The summed E-state index contributed by atoms with van der Waals surface area (Å²) in [6.45, 7) is 2.02. The number of benzene rings is 1. The number of aromatic amines is 1. The highest BCUT2D eigenvalue weighted by Gasteiger charge is 2.35. The number of aromatic nitrogens is 2. The van der Waals surface area contributed by atoms with E-state index in [1.165, 1.54) is 0 Å². The van der Waals surface area contributed by atoms with Crippen LogP contribution in [-0.2, 0) is 16.0 Å². The Morgan fingerprint density at radius 3 is 2.77 bits per heavy atom. The number of nitriles is 1. The molecule has 0 saturated carbocycles. The maximum absolute atomic E-state index is 11.9. The Labute approximate surface area is 150 Å². The Morgan fingerprint density at radius 2 is 2.15 bits per heavy atom. The number of rotatable bonds is 5. The molecule has 0 amide bonds. The van der Waals surface area contributed by atoms with Gasteiger partial charge in [-0.05, 0) is 24.6 Å². The van der Waals surface area contributed by atoms with E-state index < -0.39 is 11.9 Å². The van der Waals surface area contributed by atoms with Gasteiger partial charge in [-0.15, -0.1) is 5.10 Å². The Kier molecular flexibility index (Phi) is 4.80. The molecule has 1 aromatic heterocycles. The van der Waals surface area contributed by atoms with Crippen LogP contribution in [0.4, 0.5) is 0 Å². The number of hydrogen-bond donors (Lipinski definition) is 2. The monoisotopic (exact) mass is 354 g/mol. The van der Waals surface area contributed by atoms with Gasteiger partial charge in [-0.1, -0.05) is 12.1 Å². The summed E-state index contributed by atoms with van der Waals surface area (Å²) in [6, 6.07) is 9.37. The van der Waals surface area contributed by atoms with Crippen LogP contribution >= 0.6 is 0 Å². The smallest absolute Gasteiger partial charge is 0.311 e. The maximum atomic E-state index is 11.9. The van der Waals surface area contributed by atoms with Crippen molar-refractivity contribution in [1.82, 2.24) is 10.2 Å². The SMILES string of the molecule is CCOC(=O)Cc1[nH]nc2c1C(c1ccc(OC)cc1)C(C#N)=C(N)O2. The number of nitrogens with zero attached hydrogens (tertiary/aromatic N) is 2. The van der Waals surface area contributed by atoms with Crippen molar-refractivity contribution in [2.45, 2.75) is 19.3 Å². The molecule has 0 saturated heterocycles. The van der Waals surface area contributed by atoms with Crippen LogP contribution < -0.4 is 15.2 Å². The highest BCUT2D eigenvalue weighted by atomic mass is 16.5. The lowest BCUT2D eigenvalue weighted by Crippen LogP contribution is -2.22. The average Bonchev–Trinajstić information content (AvgIpc) is 3.03. The molecule has 0 fully saturated rings. The van der Waals surface area contributed by atoms with E-state index in [1.54, 1.807) is 26.2 Å². The average molecular weight is 354 g/mol. The molecule has 0 aliphatic carbocycles. The van der Waals surface area contributed by atoms with E-state index >= 15 is 0 Å². The molecule has 3 rings (SSSR count). The molecule has 0 spiro atoms. The van der Waals surface area contributed by atoms with Crippen molar-refractivity contribution < 1.29 is 19.0 Å². The highest BCUT2D eigenvalue weighted by Crippen LogP contribution is 2.43. The van der Waals surface area contributed by atoms with Gasteiger partial charge in [-0.25, -0.2) is 0 Å². The van der Waals surface area contributed by atoms with Crippen LogP contribution in [0.5, 0.6) is 11.6 Å². The van der Waals surface area contributed by atoms with Gasteiger partial charge in [0.1, 0.15) is 17.4 Å². The van der Waals surface area contributed by atoms with Gasteiger partial charge in [0.2, 0.25) is 11.8 Å². The van der Waals surface area contributed by atoms with Gasteiger partial charge in [-0.3, -0.25) is 9.89 Å². The van der Waals surface area contributed by atoms with Crippen LogP contribution in [0, 0.1) is 11.3 Å². The number of carbonyl (C=O) groups excluding carboxylic acids is 1.